The van der Waals surface area contributed by atoms with E-state index in [1.165, 1.54) is 6.07 Å². The summed E-state index contributed by atoms with van der Waals surface area (Å²) in [5.74, 6) is -2.02. The standard InChI is InChI=1S/C10H9F3IN3/c1-5-2-3-6(4-7(5)14)8(15)17-9(16)10(11,12)13/h2-4H,1H3,(H3,15,16,17). The number of aryl methyl sites for hydroxylation is 1. The second kappa shape index (κ2) is 5.03. The van der Waals surface area contributed by atoms with Gasteiger partial charge in [0.2, 0.25) is 5.84 Å². The zero-order valence-electron chi connectivity index (χ0n) is 8.77. The first-order chi connectivity index (χ1) is 7.71. The van der Waals surface area contributed by atoms with Crippen molar-refractivity contribution in [2.75, 3.05) is 0 Å². The third-order valence-electron chi connectivity index (χ3n) is 1.97. The number of aliphatic imine (C=N–C) groups is 1. The molecule has 0 atom stereocenters. The average molecular weight is 355 g/mol. The van der Waals surface area contributed by atoms with Crippen LogP contribution in [0.2, 0.25) is 0 Å². The molecule has 0 amide bonds. The lowest BCUT2D eigenvalue weighted by atomic mass is 10.1. The fraction of sp³-hybridized carbons (Fsp3) is 0.200. The van der Waals surface area contributed by atoms with Gasteiger partial charge in [0.1, 0.15) is 0 Å². The van der Waals surface area contributed by atoms with Crippen LogP contribution in [0.25, 0.3) is 0 Å². The van der Waals surface area contributed by atoms with Crippen molar-refractivity contribution in [3.05, 3.63) is 32.9 Å². The number of alkyl halides is 3. The summed E-state index contributed by atoms with van der Waals surface area (Å²) in [6.45, 7) is 1.86. The van der Waals surface area contributed by atoms with E-state index in [2.05, 4.69) is 4.99 Å². The highest BCUT2D eigenvalue weighted by Gasteiger charge is 2.33. The van der Waals surface area contributed by atoms with E-state index in [9.17, 15) is 13.2 Å². The van der Waals surface area contributed by atoms with Crippen molar-refractivity contribution < 1.29 is 13.2 Å². The molecule has 3 nitrogen and oxygen atoms in total. The number of hydrogen-bond acceptors (Lipinski definition) is 1. The molecule has 0 aliphatic heterocycles. The predicted molar refractivity (Wildman–Crippen MR) is 68.4 cm³/mol. The maximum absolute atomic E-state index is 12.1. The van der Waals surface area contributed by atoms with Gasteiger partial charge < -0.3 is 5.73 Å². The SMILES string of the molecule is Cc1ccc(C(=N)N=C(N)C(F)(F)F)cc1I. The first-order valence-electron chi connectivity index (χ1n) is 4.48. The van der Waals surface area contributed by atoms with Crippen LogP contribution in [0.5, 0.6) is 0 Å². The summed E-state index contributed by atoms with van der Waals surface area (Å²) in [5.41, 5.74) is 6.02. The number of amidine groups is 2. The zero-order chi connectivity index (χ0) is 13.2. The average Bonchev–Trinajstić information content (AvgIpc) is 2.20. The number of rotatable bonds is 1. The zero-order valence-corrected chi connectivity index (χ0v) is 10.9. The molecule has 0 saturated heterocycles. The first kappa shape index (κ1) is 13.9. The second-order valence-corrected chi connectivity index (χ2v) is 4.47. The van der Waals surface area contributed by atoms with Crippen molar-refractivity contribution in [2.24, 2.45) is 10.7 Å². The van der Waals surface area contributed by atoms with Crippen molar-refractivity contribution in [3.8, 4) is 0 Å². The monoisotopic (exact) mass is 355 g/mol. The van der Waals surface area contributed by atoms with E-state index in [4.69, 9.17) is 11.1 Å². The van der Waals surface area contributed by atoms with E-state index in [0.717, 1.165) is 9.13 Å². The number of nitrogens with two attached hydrogens (primary N) is 1. The van der Waals surface area contributed by atoms with Crippen LogP contribution in [-0.2, 0) is 0 Å². The molecule has 1 aromatic rings. The fourth-order valence-electron chi connectivity index (χ4n) is 0.989. The van der Waals surface area contributed by atoms with Gasteiger partial charge in [0.15, 0.2) is 5.84 Å². The van der Waals surface area contributed by atoms with E-state index < -0.39 is 17.8 Å². The van der Waals surface area contributed by atoms with Crippen molar-refractivity contribution in [2.45, 2.75) is 13.1 Å². The first-order valence-corrected chi connectivity index (χ1v) is 5.56. The molecule has 0 aliphatic carbocycles. The molecule has 0 spiro atoms. The molecule has 0 heterocycles. The van der Waals surface area contributed by atoms with Gasteiger partial charge in [-0.1, -0.05) is 12.1 Å². The fourth-order valence-corrected chi connectivity index (χ4v) is 1.50. The van der Waals surface area contributed by atoms with Crippen LogP contribution >= 0.6 is 22.6 Å². The Morgan fingerprint density at radius 2 is 2.00 bits per heavy atom. The van der Waals surface area contributed by atoms with E-state index in [1.54, 1.807) is 12.1 Å². The Bertz CT molecular complexity index is 480. The van der Waals surface area contributed by atoms with Crippen LogP contribution in [0.3, 0.4) is 0 Å². The Hall–Kier alpha value is -1.12. The summed E-state index contributed by atoms with van der Waals surface area (Å²) in [7, 11) is 0. The Morgan fingerprint density at radius 3 is 2.47 bits per heavy atom. The highest BCUT2D eigenvalue weighted by molar-refractivity contribution is 14.1. The highest BCUT2D eigenvalue weighted by Crippen LogP contribution is 2.17. The predicted octanol–water partition coefficient (Wildman–Crippen LogP) is 2.84. The van der Waals surface area contributed by atoms with Gasteiger partial charge in [-0.3, -0.25) is 5.41 Å². The van der Waals surface area contributed by atoms with Gasteiger partial charge in [-0.25, -0.2) is 4.99 Å². The Morgan fingerprint density at radius 1 is 1.41 bits per heavy atom. The molecular weight excluding hydrogens is 346 g/mol. The van der Waals surface area contributed by atoms with Crippen molar-refractivity contribution in [1.82, 2.24) is 0 Å². The third-order valence-corrected chi connectivity index (χ3v) is 3.13. The normalized spacial score (nSPS) is 12.6. The molecule has 0 aromatic heterocycles. The van der Waals surface area contributed by atoms with Gasteiger partial charge in [-0.2, -0.15) is 13.2 Å². The van der Waals surface area contributed by atoms with Crippen LogP contribution in [0.15, 0.2) is 23.2 Å². The van der Waals surface area contributed by atoms with Crippen LogP contribution in [0.1, 0.15) is 11.1 Å². The molecular formula is C10H9F3IN3. The molecule has 0 bridgehead atoms. The lowest BCUT2D eigenvalue weighted by Gasteiger charge is -2.06. The van der Waals surface area contributed by atoms with Gasteiger partial charge in [-0.15, -0.1) is 0 Å². The van der Waals surface area contributed by atoms with Crippen LogP contribution < -0.4 is 5.73 Å². The molecule has 0 saturated carbocycles. The smallest absolute Gasteiger partial charge is 0.380 e. The Labute approximate surface area is 110 Å². The molecule has 7 heteroatoms. The minimum atomic E-state index is -4.70. The molecule has 17 heavy (non-hydrogen) atoms. The van der Waals surface area contributed by atoms with E-state index in [1.807, 2.05) is 29.5 Å². The molecule has 0 aliphatic rings. The molecule has 3 N–H and O–H groups in total. The molecule has 1 rings (SSSR count). The Balaban J connectivity index is 3.02. The molecule has 0 unspecified atom stereocenters. The lowest BCUT2D eigenvalue weighted by Crippen LogP contribution is -2.32. The van der Waals surface area contributed by atoms with Crippen LogP contribution in [0, 0.1) is 15.9 Å². The minimum Gasteiger partial charge on any atom is -0.380 e. The van der Waals surface area contributed by atoms with E-state index in [0.29, 0.717) is 5.56 Å². The topological polar surface area (TPSA) is 62.2 Å². The van der Waals surface area contributed by atoms with Crippen molar-refractivity contribution >= 4 is 34.3 Å². The number of hydrogen-bond donors (Lipinski definition) is 2. The molecule has 0 radical (unpaired) electrons. The van der Waals surface area contributed by atoms with Crippen molar-refractivity contribution in [3.63, 3.8) is 0 Å². The van der Waals surface area contributed by atoms with Gasteiger partial charge >= 0.3 is 6.18 Å². The molecule has 1 aromatic carbocycles. The summed E-state index contributed by atoms with van der Waals surface area (Å²) < 4.78 is 37.2. The molecule has 0 fully saturated rings. The second-order valence-electron chi connectivity index (χ2n) is 3.31. The Kier molecular flexibility index (Phi) is 4.12. The number of nitrogens with zero attached hydrogens (tertiary/aromatic N) is 1. The summed E-state index contributed by atoms with van der Waals surface area (Å²) in [5, 5.41) is 7.44. The van der Waals surface area contributed by atoms with Gasteiger partial charge in [0.25, 0.3) is 0 Å². The molecule has 92 valence electrons. The largest absolute Gasteiger partial charge is 0.449 e. The summed E-state index contributed by atoms with van der Waals surface area (Å²) >= 11 is 2.03. The quantitative estimate of drug-likeness (QED) is 0.454. The van der Waals surface area contributed by atoms with Crippen molar-refractivity contribution in [1.29, 1.82) is 5.41 Å². The number of halogens is 4. The van der Waals surface area contributed by atoms with Crippen LogP contribution in [-0.4, -0.2) is 17.8 Å². The van der Waals surface area contributed by atoms with E-state index in [-0.39, 0.29) is 0 Å². The van der Waals surface area contributed by atoms with Gasteiger partial charge in [0.05, 0.1) is 0 Å². The summed E-state index contributed by atoms with van der Waals surface area (Å²) in [6, 6.07) is 4.84. The summed E-state index contributed by atoms with van der Waals surface area (Å²) in [4.78, 5) is 3.04. The maximum atomic E-state index is 12.1. The number of benzene rings is 1. The third kappa shape index (κ3) is 3.69. The van der Waals surface area contributed by atoms with E-state index >= 15 is 0 Å². The number of nitrogens with one attached hydrogen (secondary N) is 1. The highest BCUT2D eigenvalue weighted by atomic mass is 127. The summed E-state index contributed by atoms with van der Waals surface area (Å²) in [6.07, 6.45) is -4.70. The van der Waals surface area contributed by atoms with Gasteiger partial charge in [0, 0.05) is 9.13 Å². The van der Waals surface area contributed by atoms with Crippen LogP contribution in [0.4, 0.5) is 13.2 Å². The minimum absolute atomic E-state index is 0.298. The van der Waals surface area contributed by atoms with Gasteiger partial charge in [-0.05, 0) is 41.1 Å². The maximum Gasteiger partial charge on any atom is 0.449 e. The lowest BCUT2D eigenvalue weighted by molar-refractivity contribution is -0.0597.